The van der Waals surface area contributed by atoms with E-state index in [1.54, 1.807) is 25.3 Å². The van der Waals surface area contributed by atoms with Gasteiger partial charge in [0.2, 0.25) is 0 Å². The fraction of sp³-hybridized carbons (Fsp3) is 0.500. The molecule has 0 bridgehead atoms. The van der Waals surface area contributed by atoms with E-state index in [9.17, 15) is 4.79 Å². The number of ketones is 1. The van der Waals surface area contributed by atoms with Gasteiger partial charge in [-0.1, -0.05) is 11.6 Å². The summed E-state index contributed by atoms with van der Waals surface area (Å²) < 4.78 is 10.8. The maximum atomic E-state index is 12.5. The summed E-state index contributed by atoms with van der Waals surface area (Å²) in [5.41, 5.74) is 0.510. The molecule has 4 heteroatoms. The molecule has 0 heterocycles. The molecule has 0 spiro atoms. The quantitative estimate of drug-likeness (QED) is 0.742. The number of hydrogen-bond donors (Lipinski definition) is 0. The summed E-state index contributed by atoms with van der Waals surface area (Å²) in [6.45, 7) is 2.44. The molecule has 3 nitrogen and oxygen atoms in total. The van der Waals surface area contributed by atoms with Crippen LogP contribution in [0.4, 0.5) is 0 Å². The molecule has 0 N–H and O–H groups in total. The predicted octanol–water partition coefficient (Wildman–Crippen LogP) is 3.35. The Bertz CT molecular complexity index is 441. The average molecular weight is 269 g/mol. The zero-order chi connectivity index (χ0) is 13.1. The molecular formula is C14H17ClO3. The van der Waals surface area contributed by atoms with Crippen LogP contribution in [0.5, 0.6) is 5.75 Å². The molecule has 0 aromatic heterocycles. The van der Waals surface area contributed by atoms with E-state index in [4.69, 9.17) is 21.1 Å². The lowest BCUT2D eigenvalue weighted by Gasteiger charge is -2.17. The highest BCUT2D eigenvalue weighted by atomic mass is 35.5. The van der Waals surface area contributed by atoms with Gasteiger partial charge in [-0.25, -0.2) is 0 Å². The number of methoxy groups -OCH3 is 1. The molecule has 0 radical (unpaired) electrons. The first-order valence-corrected chi connectivity index (χ1v) is 6.54. The molecule has 1 saturated carbocycles. The van der Waals surface area contributed by atoms with Crippen LogP contribution in [0.1, 0.15) is 30.1 Å². The second-order valence-electron chi connectivity index (χ2n) is 4.42. The smallest absolute Gasteiger partial charge is 0.195 e. The summed E-state index contributed by atoms with van der Waals surface area (Å²) in [6, 6.07) is 5.08. The predicted molar refractivity (Wildman–Crippen MR) is 70.5 cm³/mol. The van der Waals surface area contributed by atoms with Crippen molar-refractivity contribution < 1.29 is 14.3 Å². The summed E-state index contributed by atoms with van der Waals surface area (Å²) >= 11 is 5.95. The van der Waals surface area contributed by atoms with Crippen LogP contribution in [0.2, 0.25) is 5.02 Å². The summed E-state index contributed by atoms with van der Waals surface area (Å²) in [5.74, 6) is 0.870. The Morgan fingerprint density at radius 2 is 2.22 bits per heavy atom. The van der Waals surface area contributed by atoms with Crippen molar-refractivity contribution in [2.75, 3.05) is 13.7 Å². The molecule has 1 unspecified atom stereocenters. The van der Waals surface area contributed by atoms with E-state index in [2.05, 4.69) is 0 Å². The first-order valence-electron chi connectivity index (χ1n) is 6.16. The van der Waals surface area contributed by atoms with Crippen molar-refractivity contribution in [2.24, 2.45) is 5.92 Å². The Hall–Kier alpha value is -1.06. The van der Waals surface area contributed by atoms with Crippen molar-refractivity contribution in [1.29, 1.82) is 0 Å². The largest absolute Gasteiger partial charge is 0.496 e. The lowest BCUT2D eigenvalue weighted by Crippen LogP contribution is -2.27. The van der Waals surface area contributed by atoms with Gasteiger partial charge in [-0.3, -0.25) is 4.79 Å². The second-order valence-corrected chi connectivity index (χ2v) is 4.86. The van der Waals surface area contributed by atoms with Gasteiger partial charge in [-0.05, 0) is 43.9 Å². The van der Waals surface area contributed by atoms with Crippen LogP contribution >= 0.6 is 11.6 Å². The SMILES string of the molecule is CCOC(C(=O)c1cc(Cl)ccc1OC)C1CC1. The van der Waals surface area contributed by atoms with E-state index in [0.717, 1.165) is 12.8 Å². The van der Waals surface area contributed by atoms with Gasteiger partial charge in [0, 0.05) is 11.6 Å². The number of hydrogen-bond acceptors (Lipinski definition) is 3. The molecule has 1 aromatic rings. The monoisotopic (exact) mass is 268 g/mol. The lowest BCUT2D eigenvalue weighted by molar-refractivity contribution is 0.0372. The van der Waals surface area contributed by atoms with Gasteiger partial charge in [0.25, 0.3) is 0 Å². The number of benzene rings is 1. The van der Waals surface area contributed by atoms with Gasteiger partial charge in [0.1, 0.15) is 11.9 Å². The van der Waals surface area contributed by atoms with Gasteiger partial charge in [0.05, 0.1) is 12.7 Å². The van der Waals surface area contributed by atoms with Crippen LogP contribution < -0.4 is 4.74 Å². The highest BCUT2D eigenvalue weighted by Gasteiger charge is 2.38. The topological polar surface area (TPSA) is 35.5 Å². The van der Waals surface area contributed by atoms with Gasteiger partial charge in [-0.15, -0.1) is 0 Å². The molecule has 1 atom stereocenters. The Balaban J connectivity index is 2.28. The van der Waals surface area contributed by atoms with Crippen molar-refractivity contribution in [3.05, 3.63) is 28.8 Å². The van der Waals surface area contributed by atoms with Crippen molar-refractivity contribution >= 4 is 17.4 Å². The van der Waals surface area contributed by atoms with E-state index >= 15 is 0 Å². The maximum absolute atomic E-state index is 12.5. The molecule has 0 aliphatic heterocycles. The summed E-state index contributed by atoms with van der Waals surface area (Å²) in [6.07, 6.45) is 1.75. The van der Waals surface area contributed by atoms with Crippen molar-refractivity contribution in [3.63, 3.8) is 0 Å². The standard InChI is InChI=1S/C14H17ClO3/c1-3-18-14(9-4-5-9)13(16)11-8-10(15)6-7-12(11)17-2/h6-9,14H,3-5H2,1-2H3. The molecule has 1 aliphatic rings. The molecule has 98 valence electrons. The number of halogens is 1. The van der Waals surface area contributed by atoms with Crippen LogP contribution in [-0.4, -0.2) is 25.6 Å². The zero-order valence-corrected chi connectivity index (χ0v) is 11.4. The highest BCUT2D eigenvalue weighted by Crippen LogP contribution is 2.37. The van der Waals surface area contributed by atoms with Crippen LogP contribution in [0.25, 0.3) is 0 Å². The zero-order valence-electron chi connectivity index (χ0n) is 10.6. The van der Waals surface area contributed by atoms with E-state index in [-0.39, 0.29) is 11.9 Å². The normalized spacial score (nSPS) is 16.4. The number of Topliss-reactive ketones (excluding diaryl/α,β-unsaturated/α-hetero) is 1. The van der Waals surface area contributed by atoms with E-state index in [1.165, 1.54) is 0 Å². The third-order valence-electron chi connectivity index (χ3n) is 3.08. The third kappa shape index (κ3) is 2.85. The van der Waals surface area contributed by atoms with Crippen LogP contribution in [0.3, 0.4) is 0 Å². The third-order valence-corrected chi connectivity index (χ3v) is 3.32. The van der Waals surface area contributed by atoms with Gasteiger partial charge < -0.3 is 9.47 Å². The van der Waals surface area contributed by atoms with E-state index in [1.807, 2.05) is 6.92 Å². The van der Waals surface area contributed by atoms with Gasteiger partial charge >= 0.3 is 0 Å². The first kappa shape index (κ1) is 13.4. The Morgan fingerprint density at radius 1 is 1.50 bits per heavy atom. The van der Waals surface area contributed by atoms with Crippen LogP contribution in [0, 0.1) is 5.92 Å². The molecular weight excluding hydrogens is 252 g/mol. The molecule has 1 aromatic carbocycles. The van der Waals surface area contributed by atoms with Crippen LogP contribution in [0.15, 0.2) is 18.2 Å². The van der Waals surface area contributed by atoms with Gasteiger partial charge in [-0.2, -0.15) is 0 Å². The van der Waals surface area contributed by atoms with Crippen molar-refractivity contribution in [1.82, 2.24) is 0 Å². The number of rotatable bonds is 6. The molecule has 0 saturated heterocycles. The Kier molecular flexibility index (Phi) is 4.25. The highest BCUT2D eigenvalue weighted by molar-refractivity contribution is 6.31. The van der Waals surface area contributed by atoms with Gasteiger partial charge in [0.15, 0.2) is 5.78 Å². The Morgan fingerprint density at radius 3 is 2.78 bits per heavy atom. The van der Waals surface area contributed by atoms with E-state index < -0.39 is 0 Å². The van der Waals surface area contributed by atoms with Crippen LogP contribution in [-0.2, 0) is 4.74 Å². The summed E-state index contributed by atoms with van der Waals surface area (Å²) in [5, 5.41) is 0.533. The second kappa shape index (κ2) is 5.72. The number of ether oxygens (including phenoxy) is 2. The molecule has 0 amide bonds. The Labute approximate surface area is 112 Å². The molecule has 1 aliphatic carbocycles. The first-order chi connectivity index (χ1) is 8.67. The molecule has 2 rings (SSSR count). The van der Waals surface area contributed by atoms with E-state index in [0.29, 0.717) is 28.9 Å². The number of carbonyl (C=O) groups is 1. The fourth-order valence-electron chi connectivity index (χ4n) is 2.03. The number of carbonyl (C=O) groups excluding carboxylic acids is 1. The lowest BCUT2D eigenvalue weighted by atomic mass is 10.0. The van der Waals surface area contributed by atoms with Crippen molar-refractivity contribution in [2.45, 2.75) is 25.9 Å². The maximum Gasteiger partial charge on any atom is 0.195 e. The fourth-order valence-corrected chi connectivity index (χ4v) is 2.20. The molecule has 18 heavy (non-hydrogen) atoms. The minimum atomic E-state index is -0.359. The minimum Gasteiger partial charge on any atom is -0.496 e. The molecule has 1 fully saturated rings. The summed E-state index contributed by atoms with van der Waals surface area (Å²) in [4.78, 5) is 12.5. The average Bonchev–Trinajstić information content (AvgIpc) is 3.19. The minimum absolute atomic E-state index is 0.0290. The van der Waals surface area contributed by atoms with Crippen molar-refractivity contribution in [3.8, 4) is 5.75 Å². The summed E-state index contributed by atoms with van der Waals surface area (Å²) in [7, 11) is 1.55.